The van der Waals surface area contributed by atoms with Crippen LogP contribution in [0.5, 0.6) is 11.5 Å². The van der Waals surface area contributed by atoms with Crippen molar-refractivity contribution in [2.24, 2.45) is 0 Å². The standard InChI is InChI=1S/C27H29N3O4/c1-3-22(26(31)28-19-12-13-23-24(16-19)34-15-14-33-23)30-27(32)21-7-5-4-6-20(21)25(29-30)18-10-8-17(2)9-11-18/h8-13,16,22H,3-7,14-15H2,1-2H3,(H,28,31)/t22-/m1/s1. The maximum absolute atomic E-state index is 13.5. The summed E-state index contributed by atoms with van der Waals surface area (Å²) in [5.41, 5.74) is 5.20. The van der Waals surface area contributed by atoms with Crippen LogP contribution in [0.3, 0.4) is 0 Å². The number of anilines is 1. The Balaban J connectivity index is 1.52. The van der Waals surface area contributed by atoms with E-state index >= 15 is 0 Å². The van der Waals surface area contributed by atoms with Crippen LogP contribution < -0.4 is 20.3 Å². The zero-order valence-electron chi connectivity index (χ0n) is 19.6. The Morgan fingerprint density at radius 3 is 2.47 bits per heavy atom. The van der Waals surface area contributed by atoms with Crippen LogP contribution in [0.25, 0.3) is 11.3 Å². The first kappa shape index (κ1) is 22.2. The molecule has 7 nitrogen and oxygen atoms in total. The molecule has 3 aromatic rings. The molecule has 1 aliphatic carbocycles. The molecule has 34 heavy (non-hydrogen) atoms. The second-order valence-corrected chi connectivity index (χ2v) is 8.90. The molecule has 176 valence electrons. The molecule has 1 atom stereocenters. The quantitative estimate of drug-likeness (QED) is 0.609. The Labute approximate surface area is 198 Å². The molecular formula is C27H29N3O4. The maximum atomic E-state index is 13.5. The number of hydrogen-bond donors (Lipinski definition) is 1. The molecular weight excluding hydrogens is 430 g/mol. The second kappa shape index (κ2) is 9.33. The fraction of sp³-hybridized carbons (Fsp3) is 0.370. The lowest BCUT2D eigenvalue weighted by Gasteiger charge is -2.24. The van der Waals surface area contributed by atoms with E-state index in [1.165, 1.54) is 4.68 Å². The van der Waals surface area contributed by atoms with Crippen molar-refractivity contribution < 1.29 is 14.3 Å². The first-order valence-corrected chi connectivity index (χ1v) is 12.0. The third-order valence-electron chi connectivity index (χ3n) is 6.55. The van der Waals surface area contributed by atoms with E-state index in [0.717, 1.165) is 53.6 Å². The van der Waals surface area contributed by atoms with E-state index in [1.807, 2.05) is 38.1 Å². The van der Waals surface area contributed by atoms with Gasteiger partial charge in [0.1, 0.15) is 19.3 Å². The van der Waals surface area contributed by atoms with E-state index in [-0.39, 0.29) is 11.5 Å². The zero-order chi connectivity index (χ0) is 23.7. The van der Waals surface area contributed by atoms with E-state index in [4.69, 9.17) is 14.6 Å². The van der Waals surface area contributed by atoms with Gasteiger partial charge in [0.15, 0.2) is 11.5 Å². The lowest BCUT2D eigenvalue weighted by Crippen LogP contribution is -2.38. The van der Waals surface area contributed by atoms with Gasteiger partial charge in [-0.2, -0.15) is 5.10 Å². The molecule has 0 bridgehead atoms. The van der Waals surface area contributed by atoms with E-state index in [9.17, 15) is 9.59 Å². The van der Waals surface area contributed by atoms with Crippen molar-refractivity contribution in [2.75, 3.05) is 18.5 Å². The van der Waals surface area contributed by atoms with Crippen molar-refractivity contribution in [3.63, 3.8) is 0 Å². The molecule has 5 rings (SSSR count). The van der Waals surface area contributed by atoms with Gasteiger partial charge >= 0.3 is 0 Å². The molecule has 1 N–H and O–H groups in total. The first-order valence-electron chi connectivity index (χ1n) is 12.0. The van der Waals surface area contributed by atoms with Gasteiger partial charge in [-0.3, -0.25) is 9.59 Å². The van der Waals surface area contributed by atoms with Crippen LogP contribution in [0.4, 0.5) is 5.69 Å². The molecule has 0 fully saturated rings. The van der Waals surface area contributed by atoms with Crippen LogP contribution in [0, 0.1) is 6.92 Å². The second-order valence-electron chi connectivity index (χ2n) is 8.90. The van der Waals surface area contributed by atoms with E-state index in [1.54, 1.807) is 18.2 Å². The summed E-state index contributed by atoms with van der Waals surface area (Å²) in [4.78, 5) is 26.8. The van der Waals surface area contributed by atoms with Crippen molar-refractivity contribution in [3.8, 4) is 22.8 Å². The number of ether oxygens (including phenoxy) is 2. The number of rotatable bonds is 5. The third-order valence-corrected chi connectivity index (χ3v) is 6.55. The predicted octanol–water partition coefficient (Wildman–Crippen LogP) is 4.46. The number of nitrogens with one attached hydrogen (secondary N) is 1. The molecule has 0 radical (unpaired) electrons. The van der Waals surface area contributed by atoms with Gasteiger partial charge < -0.3 is 14.8 Å². The first-order chi connectivity index (χ1) is 16.5. The van der Waals surface area contributed by atoms with Gasteiger partial charge in [0.25, 0.3) is 5.56 Å². The summed E-state index contributed by atoms with van der Waals surface area (Å²) in [6.07, 6.45) is 4.01. The minimum Gasteiger partial charge on any atom is -0.486 e. The Hall–Kier alpha value is -3.61. The Morgan fingerprint density at radius 1 is 1.03 bits per heavy atom. The number of aryl methyl sites for hydroxylation is 1. The van der Waals surface area contributed by atoms with E-state index in [2.05, 4.69) is 5.32 Å². The highest BCUT2D eigenvalue weighted by Gasteiger charge is 2.27. The zero-order valence-corrected chi connectivity index (χ0v) is 19.6. The van der Waals surface area contributed by atoms with Gasteiger partial charge in [-0.15, -0.1) is 0 Å². The van der Waals surface area contributed by atoms with Gasteiger partial charge in [0.2, 0.25) is 5.91 Å². The summed E-state index contributed by atoms with van der Waals surface area (Å²) in [7, 11) is 0. The molecule has 7 heteroatoms. The number of amides is 1. The fourth-order valence-electron chi connectivity index (χ4n) is 4.73. The SMILES string of the molecule is CC[C@H](C(=O)Nc1ccc2c(c1)OCCO2)n1nc(-c2ccc(C)cc2)c2c(c1=O)CCCC2. The highest BCUT2D eigenvalue weighted by molar-refractivity contribution is 5.94. The van der Waals surface area contributed by atoms with Gasteiger partial charge in [-0.05, 0) is 56.7 Å². The normalized spacial score (nSPS) is 15.4. The smallest absolute Gasteiger partial charge is 0.271 e. The number of carbonyl (C=O) groups excluding carboxylic acids is 1. The van der Waals surface area contributed by atoms with E-state index in [0.29, 0.717) is 36.8 Å². The maximum Gasteiger partial charge on any atom is 0.271 e. The highest BCUT2D eigenvalue weighted by Crippen LogP contribution is 2.33. The number of nitrogens with zero attached hydrogens (tertiary/aromatic N) is 2. The van der Waals surface area contributed by atoms with Gasteiger partial charge in [-0.1, -0.05) is 36.8 Å². The summed E-state index contributed by atoms with van der Waals surface area (Å²) in [5.74, 6) is 0.980. The number of aromatic nitrogens is 2. The average Bonchev–Trinajstić information content (AvgIpc) is 2.86. The summed E-state index contributed by atoms with van der Waals surface area (Å²) >= 11 is 0. The van der Waals surface area contributed by atoms with Crippen LogP contribution in [-0.4, -0.2) is 28.9 Å². The average molecular weight is 460 g/mol. The number of carbonyl (C=O) groups is 1. The van der Waals surface area contributed by atoms with E-state index < -0.39 is 6.04 Å². The monoisotopic (exact) mass is 459 g/mol. The topological polar surface area (TPSA) is 82.4 Å². The Morgan fingerprint density at radius 2 is 1.74 bits per heavy atom. The van der Waals surface area contributed by atoms with Gasteiger partial charge in [-0.25, -0.2) is 4.68 Å². The third kappa shape index (κ3) is 4.18. The molecule has 0 spiro atoms. The lowest BCUT2D eigenvalue weighted by atomic mass is 9.89. The van der Waals surface area contributed by atoms with Crippen molar-refractivity contribution in [3.05, 3.63) is 69.5 Å². The largest absolute Gasteiger partial charge is 0.486 e. The minimum absolute atomic E-state index is 0.158. The summed E-state index contributed by atoms with van der Waals surface area (Å²) in [6.45, 7) is 4.92. The van der Waals surface area contributed by atoms with Crippen molar-refractivity contribution >= 4 is 11.6 Å². The molecule has 1 aromatic heterocycles. The van der Waals surface area contributed by atoms with Crippen molar-refractivity contribution in [1.29, 1.82) is 0 Å². The predicted molar refractivity (Wildman–Crippen MR) is 131 cm³/mol. The van der Waals surface area contributed by atoms with Crippen LogP contribution >= 0.6 is 0 Å². The van der Waals surface area contributed by atoms with Crippen molar-refractivity contribution in [2.45, 2.75) is 52.0 Å². The summed E-state index contributed by atoms with van der Waals surface area (Å²) in [6, 6.07) is 12.8. The Bertz CT molecular complexity index is 1280. The molecule has 2 aromatic carbocycles. The minimum atomic E-state index is -0.725. The van der Waals surface area contributed by atoms with Crippen LogP contribution in [0.15, 0.2) is 47.3 Å². The molecule has 0 saturated carbocycles. The van der Waals surface area contributed by atoms with Crippen molar-refractivity contribution in [1.82, 2.24) is 9.78 Å². The number of fused-ring (bicyclic) bond motifs is 2. The number of hydrogen-bond acceptors (Lipinski definition) is 5. The number of benzene rings is 2. The highest BCUT2D eigenvalue weighted by atomic mass is 16.6. The van der Waals surface area contributed by atoms with Crippen LogP contribution in [0.2, 0.25) is 0 Å². The molecule has 1 aliphatic heterocycles. The van der Waals surface area contributed by atoms with Crippen LogP contribution in [-0.2, 0) is 17.6 Å². The molecule has 1 amide bonds. The van der Waals surface area contributed by atoms with Gasteiger partial charge in [0, 0.05) is 22.9 Å². The van der Waals surface area contributed by atoms with Gasteiger partial charge in [0.05, 0.1) is 5.69 Å². The molecule has 2 heterocycles. The molecule has 0 unspecified atom stereocenters. The fourth-order valence-corrected chi connectivity index (χ4v) is 4.73. The van der Waals surface area contributed by atoms with Crippen LogP contribution in [0.1, 0.15) is 48.9 Å². The molecule has 0 saturated heterocycles. The lowest BCUT2D eigenvalue weighted by molar-refractivity contribution is -0.119. The Kier molecular flexibility index (Phi) is 6.09. The summed E-state index contributed by atoms with van der Waals surface area (Å²) < 4.78 is 12.6. The molecule has 2 aliphatic rings. The summed E-state index contributed by atoms with van der Waals surface area (Å²) in [5, 5.41) is 7.73.